The van der Waals surface area contributed by atoms with Gasteiger partial charge >= 0.3 is 83.0 Å². The minimum absolute atomic E-state index is 0. The molecule has 0 aromatic heterocycles. The maximum absolute atomic E-state index is 12.4. The van der Waals surface area contributed by atoms with Gasteiger partial charge in [-0.2, -0.15) is 0 Å². The zero-order chi connectivity index (χ0) is 72.2. The second-order valence-corrected chi connectivity index (χ2v) is 27.5. The first-order valence-corrected chi connectivity index (χ1v) is 33.9. The molecule has 9 rings (SSSR count). The Hall–Kier alpha value is -5.44. The molecule has 3 aliphatic carbocycles. The molecule has 0 aromatic rings. The molecule has 540 valence electrons. The van der Waals surface area contributed by atoms with Gasteiger partial charge in [0.15, 0.2) is 0 Å². The molecule has 21 nitrogen and oxygen atoms in total. The van der Waals surface area contributed by atoms with E-state index in [1.807, 2.05) is 0 Å². The Bertz CT molecular complexity index is 2980. The topological polar surface area (TPSA) is 299 Å². The minimum atomic E-state index is -1.25. The average molecular weight is 1420 g/mol. The summed E-state index contributed by atoms with van der Waals surface area (Å²) < 4.78 is 71.2. The van der Waals surface area contributed by atoms with E-state index in [0.29, 0.717) is 39.1 Å². The third-order valence-electron chi connectivity index (χ3n) is 19.6. The minimum Gasteiger partial charge on any atom is -0.545 e. The largest absolute Gasteiger partial charge is 1.00 e. The molecule has 9 fully saturated rings. The Morgan fingerprint density at radius 2 is 0.624 bits per heavy atom. The number of aliphatic carboxylic acids is 3. The van der Waals surface area contributed by atoms with Gasteiger partial charge in [0.1, 0.15) is 70.2 Å². The number of hydrogen-bond donors (Lipinski definition) is 1. The smallest absolute Gasteiger partial charge is 0.545 e. The Morgan fingerprint density at radius 3 is 0.832 bits per heavy atom. The van der Waals surface area contributed by atoms with Crippen LogP contribution >= 0.6 is 0 Å². The molecule has 0 amide bonds. The van der Waals surface area contributed by atoms with E-state index in [4.69, 9.17) is 61.9 Å². The molecule has 0 unspecified atom stereocenters. The summed E-state index contributed by atoms with van der Waals surface area (Å²) in [5, 5.41) is 29.0. The Labute approximate surface area is 639 Å². The van der Waals surface area contributed by atoms with Gasteiger partial charge in [0.25, 0.3) is 0 Å². The van der Waals surface area contributed by atoms with Crippen molar-refractivity contribution in [1.29, 1.82) is 0 Å². The van der Waals surface area contributed by atoms with E-state index in [0.717, 1.165) is 56.8 Å². The van der Waals surface area contributed by atoms with Crippen LogP contribution in [0.3, 0.4) is 0 Å². The van der Waals surface area contributed by atoms with Crippen molar-refractivity contribution in [2.24, 2.45) is 17.8 Å². The quantitative estimate of drug-likeness (QED) is 0.0205. The summed E-state index contributed by atoms with van der Waals surface area (Å²) in [6, 6.07) is 0. The molecule has 0 aromatic carbocycles. The van der Waals surface area contributed by atoms with Crippen LogP contribution in [0.4, 0.5) is 0 Å². The van der Waals surface area contributed by atoms with Crippen LogP contribution in [0.25, 0.3) is 0 Å². The van der Waals surface area contributed by atoms with Gasteiger partial charge in [-0.1, -0.05) is 144 Å². The van der Waals surface area contributed by atoms with E-state index in [2.05, 4.69) is 80.5 Å². The van der Waals surface area contributed by atoms with Crippen LogP contribution in [-0.4, -0.2) is 171 Å². The van der Waals surface area contributed by atoms with Crippen molar-refractivity contribution in [3.8, 4) is 0 Å². The number of methoxy groups -OCH3 is 3. The fourth-order valence-electron chi connectivity index (χ4n) is 14.4. The van der Waals surface area contributed by atoms with Gasteiger partial charge in [-0.15, -0.1) is 0 Å². The Balaban J connectivity index is 0.000000270. The van der Waals surface area contributed by atoms with E-state index < -0.39 is 35.8 Å². The van der Waals surface area contributed by atoms with Gasteiger partial charge in [0.2, 0.25) is 0 Å². The van der Waals surface area contributed by atoms with Gasteiger partial charge in [0, 0.05) is 45.6 Å². The van der Waals surface area contributed by atoms with Gasteiger partial charge in [-0.05, 0) is 132 Å². The summed E-state index contributed by atoms with van der Waals surface area (Å²) in [6.45, 7) is 20.9. The number of carbonyl (C=O) groups is 6. The molecule has 1 N–H and O–H groups in total. The summed E-state index contributed by atoms with van der Waals surface area (Å²) in [7, 11) is 4.95. The van der Waals surface area contributed by atoms with Crippen molar-refractivity contribution >= 4 is 35.8 Å². The van der Waals surface area contributed by atoms with Gasteiger partial charge in [0.05, 0.1) is 67.8 Å². The molecular weight excluding hydrogens is 1320 g/mol. The predicted molar refractivity (Wildman–Crippen MR) is 366 cm³/mol. The molecule has 3 saturated carbocycles. The molecule has 0 radical (unpaired) electrons. The van der Waals surface area contributed by atoms with E-state index >= 15 is 0 Å². The molecule has 6 saturated heterocycles. The summed E-state index contributed by atoms with van der Waals surface area (Å²) in [4.78, 5) is 68.1. The van der Waals surface area contributed by atoms with Crippen molar-refractivity contribution < 1.29 is 160 Å². The van der Waals surface area contributed by atoms with E-state index in [1.165, 1.54) is 53.2 Å². The van der Waals surface area contributed by atoms with Gasteiger partial charge in [-0.3, -0.25) is 0 Å². The van der Waals surface area contributed by atoms with Gasteiger partial charge in [-0.25, -0.2) is 19.2 Å². The SMILES string of the molecule is CO[C@@H]1[C@H](OC(=O)/C=C/C=C/C=C/C=C/C(=O)O)CC[C@]2(CO2)[C@H]1[C@@]1(C)O[C@@H]1CC=C(C)C.CO[C@@H]1[C@H](OC(=O)/C=C/C=C/C=C/C=C/C(=O)[O-])CC[C@]2(CO2)[C@H]1[C@@]1(C)O[C@@H]1CC=C(C)C.CO[C@@H]1[C@H](OC(=O)/C=C/C=C/C=C/C=C/C(=O)[O-])CC[C@]2(CO2)[C@H]1[C@@]1(C)O[C@@H]1CC=C(C)C.[Na+].[Na+]. The Morgan fingerprint density at radius 1 is 0.396 bits per heavy atom. The third kappa shape index (κ3) is 24.8. The molecular formula is C78H100Na2O21. The van der Waals surface area contributed by atoms with E-state index in [-0.39, 0.29) is 165 Å². The van der Waals surface area contributed by atoms with Crippen molar-refractivity contribution in [2.45, 2.75) is 209 Å². The van der Waals surface area contributed by atoms with E-state index in [1.54, 1.807) is 112 Å². The first kappa shape index (κ1) is 86.2. The average Bonchev–Trinajstić information content (AvgIpc) is 1.55. The Kier molecular flexibility index (Phi) is 33.8. The molecule has 0 bridgehead atoms. The summed E-state index contributed by atoms with van der Waals surface area (Å²) in [6.07, 6.45) is 47.2. The number of esters is 3. The van der Waals surface area contributed by atoms with Crippen LogP contribution in [0.2, 0.25) is 0 Å². The van der Waals surface area contributed by atoms with Crippen LogP contribution in [0.15, 0.2) is 181 Å². The zero-order valence-corrected chi connectivity index (χ0v) is 65.1. The fraction of sp³-hybridized carbons (Fsp3) is 0.538. The number of carboxylic acid groups (broad SMARTS) is 3. The number of rotatable bonds is 30. The van der Waals surface area contributed by atoms with Crippen LogP contribution in [0.1, 0.15) is 120 Å². The maximum Gasteiger partial charge on any atom is 1.00 e. The van der Waals surface area contributed by atoms with Crippen molar-refractivity contribution in [3.05, 3.63) is 181 Å². The van der Waals surface area contributed by atoms with Crippen molar-refractivity contribution in [1.82, 2.24) is 0 Å². The number of allylic oxidation sites excluding steroid dienone is 21. The van der Waals surface area contributed by atoms with Gasteiger partial charge < -0.3 is 81.8 Å². The monoisotopic (exact) mass is 1420 g/mol. The number of hydrogen-bond acceptors (Lipinski definition) is 20. The summed E-state index contributed by atoms with van der Waals surface area (Å²) >= 11 is 0. The van der Waals surface area contributed by atoms with Crippen molar-refractivity contribution in [2.75, 3.05) is 41.2 Å². The molecule has 101 heavy (non-hydrogen) atoms. The second-order valence-electron chi connectivity index (χ2n) is 27.5. The first-order valence-electron chi connectivity index (χ1n) is 33.9. The standard InChI is InChI=1S/3C26H34O7.2Na/c3*1-18(2)13-14-20-25(3,33-20)24-23(30-4)19(15-16-26(24)17-31-26)32-22(29)12-10-8-6-5-7-9-11-21(27)28;;/h3*5-13,19-20,23-24H,14-17H2,1-4H3,(H,27,28);;/q;;;2*+1/p-2/b3*7-5+,8-6+,11-9+,12-10+;;/t3*19-,20-,23-,24-,25+,26+;;/m111../s1. The van der Waals surface area contributed by atoms with Crippen LogP contribution in [-0.2, 0) is 85.6 Å². The molecule has 23 heteroatoms. The zero-order valence-electron chi connectivity index (χ0n) is 61.1. The number of carboxylic acids is 3. The molecule has 6 aliphatic heterocycles. The molecule has 3 spiro atoms. The third-order valence-corrected chi connectivity index (χ3v) is 19.6. The predicted octanol–water partition coefficient (Wildman–Crippen LogP) is 3.08. The fourth-order valence-corrected chi connectivity index (χ4v) is 14.4. The number of epoxide rings is 6. The van der Waals surface area contributed by atoms with E-state index in [9.17, 15) is 39.0 Å². The van der Waals surface area contributed by atoms with Crippen LogP contribution in [0.5, 0.6) is 0 Å². The molecule has 9 aliphatic rings. The normalized spacial score (nSPS) is 34.9. The number of carbonyl (C=O) groups excluding carboxylic acids is 5. The van der Waals surface area contributed by atoms with Crippen LogP contribution < -0.4 is 69.3 Å². The first-order chi connectivity index (χ1) is 47.1. The molecule has 6 heterocycles. The summed E-state index contributed by atoms with van der Waals surface area (Å²) in [5.41, 5.74) is 1.91. The maximum atomic E-state index is 12.4. The molecule has 18 atom stereocenters. The number of ether oxygens (including phenoxy) is 12. The van der Waals surface area contributed by atoms with Crippen molar-refractivity contribution in [3.63, 3.8) is 0 Å². The summed E-state index contributed by atoms with van der Waals surface area (Å²) in [5.74, 6) is -4.87. The second kappa shape index (κ2) is 39.6. The van der Waals surface area contributed by atoms with Crippen LogP contribution in [0, 0.1) is 17.8 Å².